The molecule has 2 aliphatic rings. The van der Waals surface area contributed by atoms with Crippen LogP contribution in [-0.4, -0.2) is 81.8 Å². The van der Waals surface area contributed by atoms with Crippen LogP contribution >= 0.6 is 0 Å². The largest absolute Gasteiger partial charge is 0.460 e. The highest BCUT2D eigenvalue weighted by molar-refractivity contribution is 6.33. The minimum atomic E-state index is -8.55. The number of hydrogen-bond acceptors (Lipinski definition) is 5. The Kier molecular flexibility index (Phi) is 6.69. The molecule has 2 aliphatic heterocycles. The van der Waals surface area contributed by atoms with Gasteiger partial charge in [0.15, 0.2) is 0 Å². The van der Waals surface area contributed by atoms with E-state index in [1.54, 1.807) is 0 Å². The summed E-state index contributed by atoms with van der Waals surface area (Å²) in [5.74, 6) is -49.7. The minimum absolute atomic E-state index is 0.102. The highest BCUT2D eigenvalue weighted by Crippen LogP contribution is 2.62. The van der Waals surface area contributed by atoms with Crippen molar-refractivity contribution in [2.75, 3.05) is 6.54 Å². The number of hydrogen-bond donors (Lipinski definition) is 1. The Morgan fingerprint density at radius 2 is 0.773 bits per heavy atom. The topological polar surface area (TPSA) is 101 Å². The second-order valence-electron chi connectivity index (χ2n) is 9.32. The Morgan fingerprint density at radius 3 is 1.11 bits per heavy atom. The SMILES string of the molecule is NN1C(=O)c2ccc3c4c(ccc(c24)C1=O)C(=O)N(CC(F)(F)C(F)(F)C(F)(F)C(F)(F)C(F)(F)C(F)(F)C(F)(F)F)C3=O. The van der Waals surface area contributed by atoms with Gasteiger partial charge in [-0.1, -0.05) is 0 Å². The highest BCUT2D eigenvalue weighted by atomic mass is 19.4. The normalized spacial score (nSPS) is 17.3. The summed E-state index contributed by atoms with van der Waals surface area (Å²) in [6.45, 7) is -3.34. The van der Waals surface area contributed by atoms with E-state index >= 15 is 0 Å². The molecule has 0 radical (unpaired) electrons. The molecular formula is C22H8F15N3O4. The van der Waals surface area contributed by atoms with E-state index in [1.807, 2.05) is 0 Å². The van der Waals surface area contributed by atoms with Crippen LogP contribution in [0.15, 0.2) is 24.3 Å². The fourth-order valence-electron chi connectivity index (χ4n) is 4.38. The molecule has 0 bridgehead atoms. The molecule has 2 N–H and O–H groups in total. The summed E-state index contributed by atoms with van der Waals surface area (Å²) >= 11 is 0. The van der Waals surface area contributed by atoms with Gasteiger partial charge in [0.25, 0.3) is 23.6 Å². The van der Waals surface area contributed by atoms with Gasteiger partial charge in [0, 0.05) is 21.9 Å². The first-order valence-electron chi connectivity index (χ1n) is 11.0. The van der Waals surface area contributed by atoms with Crippen LogP contribution in [0, 0.1) is 0 Å². The number of carbonyl (C=O) groups is 4. The molecule has 0 saturated heterocycles. The van der Waals surface area contributed by atoms with Crippen LogP contribution in [0.1, 0.15) is 41.4 Å². The van der Waals surface area contributed by atoms with Crippen LogP contribution in [0.3, 0.4) is 0 Å². The zero-order chi connectivity index (χ0) is 34.0. The highest BCUT2D eigenvalue weighted by Gasteiger charge is 2.93. The molecule has 0 aliphatic carbocycles. The monoisotopic (exact) mass is 663 g/mol. The number of nitrogens with zero attached hydrogens (tertiary/aromatic N) is 2. The number of nitrogens with two attached hydrogens (primary N) is 1. The summed E-state index contributed by atoms with van der Waals surface area (Å²) in [7, 11) is 0. The van der Waals surface area contributed by atoms with Crippen molar-refractivity contribution in [2.24, 2.45) is 5.84 Å². The molecule has 0 aromatic heterocycles. The second kappa shape index (κ2) is 8.97. The molecule has 7 nitrogen and oxygen atoms in total. The number of rotatable bonds is 7. The van der Waals surface area contributed by atoms with Crippen molar-refractivity contribution in [3.05, 3.63) is 46.5 Å². The van der Waals surface area contributed by atoms with Crippen molar-refractivity contribution in [1.29, 1.82) is 0 Å². The van der Waals surface area contributed by atoms with Crippen molar-refractivity contribution >= 4 is 34.4 Å². The fraction of sp³-hybridized carbons (Fsp3) is 0.364. The van der Waals surface area contributed by atoms with Gasteiger partial charge in [0.2, 0.25) is 0 Å². The number of benzene rings is 2. The number of halogens is 15. The molecule has 4 rings (SSSR count). The predicted octanol–water partition coefficient (Wildman–Crippen LogP) is 5.28. The minimum Gasteiger partial charge on any atom is -0.269 e. The molecule has 0 fully saturated rings. The molecule has 2 heterocycles. The summed E-state index contributed by atoms with van der Waals surface area (Å²) in [6, 6.07) is 2.64. The maximum absolute atomic E-state index is 14.6. The van der Waals surface area contributed by atoms with Gasteiger partial charge in [-0.3, -0.25) is 24.1 Å². The third-order valence-electron chi connectivity index (χ3n) is 6.76. The van der Waals surface area contributed by atoms with E-state index in [2.05, 4.69) is 0 Å². The summed E-state index contributed by atoms with van der Waals surface area (Å²) < 4.78 is 203. The lowest BCUT2D eigenvalue weighted by Crippen LogP contribution is -2.73. The Morgan fingerprint density at radius 1 is 0.477 bits per heavy atom. The molecule has 2 aromatic carbocycles. The zero-order valence-corrected chi connectivity index (χ0v) is 20.3. The number of alkyl halides is 15. The lowest BCUT2D eigenvalue weighted by Gasteiger charge is -2.42. The number of carbonyl (C=O) groups excluding carboxylic acids is 4. The van der Waals surface area contributed by atoms with Gasteiger partial charge in [-0.05, 0) is 24.3 Å². The van der Waals surface area contributed by atoms with Gasteiger partial charge < -0.3 is 0 Å². The van der Waals surface area contributed by atoms with Crippen LogP contribution < -0.4 is 5.84 Å². The first-order valence-corrected chi connectivity index (χ1v) is 11.0. The summed E-state index contributed by atoms with van der Waals surface area (Å²) in [5.41, 5.74) is -2.79. The van der Waals surface area contributed by atoms with E-state index in [4.69, 9.17) is 5.84 Å². The zero-order valence-electron chi connectivity index (χ0n) is 20.3. The molecule has 44 heavy (non-hydrogen) atoms. The maximum atomic E-state index is 14.6. The average Bonchev–Trinajstić information content (AvgIpc) is 2.90. The number of imide groups is 2. The summed E-state index contributed by atoms with van der Waals surface area (Å²) in [5, 5.41) is -1.01. The van der Waals surface area contributed by atoms with Gasteiger partial charge in [-0.2, -0.15) is 65.9 Å². The van der Waals surface area contributed by atoms with E-state index in [0.717, 1.165) is 12.1 Å². The quantitative estimate of drug-likeness (QED) is 0.188. The second-order valence-corrected chi connectivity index (χ2v) is 9.32. The van der Waals surface area contributed by atoms with Gasteiger partial charge in [-0.15, -0.1) is 0 Å². The molecule has 0 saturated carbocycles. The van der Waals surface area contributed by atoms with E-state index in [-0.39, 0.29) is 5.01 Å². The van der Waals surface area contributed by atoms with E-state index in [9.17, 15) is 85.0 Å². The molecule has 2 aromatic rings. The molecule has 4 amide bonds. The van der Waals surface area contributed by atoms with Crippen molar-refractivity contribution < 1.29 is 85.0 Å². The lowest BCUT2D eigenvalue weighted by molar-refractivity contribution is -0.452. The van der Waals surface area contributed by atoms with Crippen molar-refractivity contribution in [2.45, 2.75) is 41.7 Å². The molecule has 0 atom stereocenters. The van der Waals surface area contributed by atoms with E-state index in [0.29, 0.717) is 12.1 Å². The van der Waals surface area contributed by atoms with Crippen LogP contribution in [0.4, 0.5) is 65.9 Å². The Balaban J connectivity index is 1.78. The average molecular weight is 663 g/mol. The Bertz CT molecular complexity index is 1580. The molecule has 0 spiro atoms. The number of hydrazine groups is 1. The fourth-order valence-corrected chi connectivity index (χ4v) is 4.38. The van der Waals surface area contributed by atoms with Gasteiger partial charge in [0.1, 0.15) is 0 Å². The molecule has 240 valence electrons. The maximum Gasteiger partial charge on any atom is 0.460 e. The molecule has 0 unspecified atom stereocenters. The number of amides is 4. The third-order valence-corrected chi connectivity index (χ3v) is 6.76. The Hall–Kier alpha value is -4.11. The standard InChI is InChI=1S/C22H8F15N3O4/c23-16(24,17(25,26)18(27,28)19(29,30)20(31,32)21(33,34)22(35,36)37)5-39-12(41)6-1-3-8-11-9(15(44)40(38)14(8)43)4-2-7(10(6)11)13(39)42/h1-4H,5,38H2. The van der Waals surface area contributed by atoms with Crippen LogP contribution in [0.2, 0.25) is 0 Å². The van der Waals surface area contributed by atoms with Crippen molar-refractivity contribution in [3.63, 3.8) is 0 Å². The smallest absolute Gasteiger partial charge is 0.269 e. The first-order chi connectivity index (χ1) is 19.6. The van der Waals surface area contributed by atoms with E-state index < -0.39 is 110 Å². The van der Waals surface area contributed by atoms with Crippen molar-refractivity contribution in [1.82, 2.24) is 9.91 Å². The van der Waals surface area contributed by atoms with Crippen LogP contribution in [0.25, 0.3) is 10.8 Å². The first kappa shape index (κ1) is 32.8. The predicted molar refractivity (Wildman–Crippen MR) is 110 cm³/mol. The van der Waals surface area contributed by atoms with Crippen molar-refractivity contribution in [3.8, 4) is 0 Å². The summed E-state index contributed by atoms with van der Waals surface area (Å²) in [4.78, 5) is 49.5. The molecule has 22 heteroatoms. The summed E-state index contributed by atoms with van der Waals surface area (Å²) in [6.07, 6.45) is -7.77. The van der Waals surface area contributed by atoms with E-state index in [1.165, 1.54) is 0 Å². The Labute approximate surface area is 230 Å². The molecular weight excluding hydrogens is 655 g/mol. The van der Waals surface area contributed by atoms with Gasteiger partial charge in [0.05, 0.1) is 17.7 Å². The van der Waals surface area contributed by atoms with Gasteiger partial charge >= 0.3 is 41.7 Å². The van der Waals surface area contributed by atoms with Crippen LogP contribution in [-0.2, 0) is 0 Å². The van der Waals surface area contributed by atoms with Crippen LogP contribution in [0.5, 0.6) is 0 Å². The lowest BCUT2D eigenvalue weighted by atomic mass is 9.86. The third kappa shape index (κ3) is 3.77. The van der Waals surface area contributed by atoms with Gasteiger partial charge in [-0.25, -0.2) is 10.9 Å².